The van der Waals surface area contributed by atoms with Crippen molar-refractivity contribution in [1.82, 2.24) is 9.97 Å². The Kier molecular flexibility index (Phi) is 4.96. The van der Waals surface area contributed by atoms with E-state index in [0.717, 1.165) is 6.54 Å². The van der Waals surface area contributed by atoms with Gasteiger partial charge in [0.1, 0.15) is 5.02 Å². The summed E-state index contributed by atoms with van der Waals surface area (Å²) in [5.74, 6) is 1.17. The minimum Gasteiger partial charge on any atom is -0.382 e. The van der Waals surface area contributed by atoms with Gasteiger partial charge in [0, 0.05) is 13.7 Å². The van der Waals surface area contributed by atoms with Crippen LogP contribution in [0.15, 0.2) is 6.20 Å². The summed E-state index contributed by atoms with van der Waals surface area (Å²) < 4.78 is 5.13. The maximum absolute atomic E-state index is 6.05. The fourth-order valence-electron chi connectivity index (χ4n) is 1.42. The number of ether oxygens (including phenoxy) is 1. The first kappa shape index (κ1) is 14.0. The first-order valence-corrected chi connectivity index (χ1v) is 5.90. The number of rotatable bonds is 6. The van der Waals surface area contributed by atoms with E-state index in [-0.39, 0.29) is 5.54 Å². The highest BCUT2D eigenvalue weighted by Gasteiger charge is 2.19. The van der Waals surface area contributed by atoms with E-state index in [1.807, 2.05) is 20.8 Å². The van der Waals surface area contributed by atoms with Crippen LogP contribution in [-0.2, 0) is 4.74 Å². The molecule has 0 spiro atoms. The molecule has 0 aliphatic heterocycles. The minimum absolute atomic E-state index is 0.240. The molecule has 2 N–H and O–H groups in total. The number of methoxy groups -OCH3 is 1. The molecular formula is C11H19ClN4O. The molecule has 0 saturated carbocycles. The smallest absolute Gasteiger partial charge is 0.224 e. The second-order valence-corrected chi connectivity index (χ2v) is 4.77. The Morgan fingerprint density at radius 3 is 2.76 bits per heavy atom. The Morgan fingerprint density at radius 2 is 2.18 bits per heavy atom. The lowest BCUT2D eigenvalue weighted by Crippen LogP contribution is -2.36. The molecule has 0 saturated heterocycles. The highest BCUT2D eigenvalue weighted by molar-refractivity contribution is 6.32. The summed E-state index contributed by atoms with van der Waals surface area (Å²) in [6.45, 7) is 7.34. The van der Waals surface area contributed by atoms with Crippen LogP contribution in [0.3, 0.4) is 0 Å². The first-order chi connectivity index (χ1) is 7.98. The first-order valence-electron chi connectivity index (χ1n) is 5.52. The van der Waals surface area contributed by atoms with Gasteiger partial charge in [-0.05, 0) is 20.8 Å². The van der Waals surface area contributed by atoms with Crippen molar-refractivity contribution in [2.24, 2.45) is 0 Å². The van der Waals surface area contributed by atoms with Crippen molar-refractivity contribution in [3.63, 3.8) is 0 Å². The highest BCUT2D eigenvalue weighted by atomic mass is 35.5. The van der Waals surface area contributed by atoms with Crippen LogP contribution in [0.5, 0.6) is 0 Å². The van der Waals surface area contributed by atoms with Crippen LogP contribution in [-0.4, -0.2) is 35.8 Å². The zero-order chi connectivity index (χ0) is 12.9. The van der Waals surface area contributed by atoms with Gasteiger partial charge in [0.25, 0.3) is 0 Å². The van der Waals surface area contributed by atoms with E-state index in [1.54, 1.807) is 13.3 Å². The molecular weight excluding hydrogens is 240 g/mol. The standard InChI is InChI=1S/C11H19ClN4O/c1-5-13-10-14-6-8(12)9(15-10)16-11(2,3)7-17-4/h6H,5,7H2,1-4H3,(H2,13,14,15,16). The molecule has 1 aromatic rings. The van der Waals surface area contributed by atoms with Gasteiger partial charge in [-0.1, -0.05) is 11.6 Å². The van der Waals surface area contributed by atoms with Crippen molar-refractivity contribution >= 4 is 23.4 Å². The number of hydrogen-bond donors (Lipinski definition) is 2. The largest absolute Gasteiger partial charge is 0.382 e. The zero-order valence-electron chi connectivity index (χ0n) is 10.7. The van der Waals surface area contributed by atoms with Crippen molar-refractivity contribution in [2.75, 3.05) is 30.9 Å². The van der Waals surface area contributed by atoms with Crippen molar-refractivity contribution in [3.05, 3.63) is 11.2 Å². The van der Waals surface area contributed by atoms with Gasteiger partial charge in [-0.15, -0.1) is 0 Å². The summed E-state index contributed by atoms with van der Waals surface area (Å²) >= 11 is 6.05. The van der Waals surface area contributed by atoms with Gasteiger partial charge in [-0.3, -0.25) is 0 Å². The number of nitrogens with one attached hydrogen (secondary N) is 2. The molecule has 0 radical (unpaired) electrons. The van der Waals surface area contributed by atoms with Crippen LogP contribution in [0, 0.1) is 0 Å². The lowest BCUT2D eigenvalue weighted by atomic mass is 10.1. The van der Waals surface area contributed by atoms with Crippen LogP contribution in [0.1, 0.15) is 20.8 Å². The lowest BCUT2D eigenvalue weighted by molar-refractivity contribution is 0.158. The molecule has 0 amide bonds. The molecule has 1 aromatic heterocycles. The summed E-state index contributed by atoms with van der Waals surface area (Å²) in [5, 5.41) is 6.78. The summed E-state index contributed by atoms with van der Waals surface area (Å²) in [4.78, 5) is 8.39. The SMILES string of the molecule is CCNc1ncc(Cl)c(NC(C)(C)COC)n1. The normalized spacial score (nSPS) is 11.4. The molecule has 1 rings (SSSR count). The summed E-state index contributed by atoms with van der Waals surface area (Å²) in [5.41, 5.74) is -0.240. The third-order valence-electron chi connectivity index (χ3n) is 2.04. The minimum atomic E-state index is -0.240. The Labute approximate surface area is 107 Å². The number of anilines is 2. The van der Waals surface area contributed by atoms with Gasteiger partial charge >= 0.3 is 0 Å². The molecule has 0 aromatic carbocycles. The second kappa shape index (κ2) is 6.02. The molecule has 0 unspecified atom stereocenters. The van der Waals surface area contributed by atoms with E-state index in [2.05, 4.69) is 20.6 Å². The zero-order valence-corrected chi connectivity index (χ0v) is 11.4. The lowest BCUT2D eigenvalue weighted by Gasteiger charge is -2.26. The predicted molar refractivity (Wildman–Crippen MR) is 70.8 cm³/mol. The summed E-state index contributed by atoms with van der Waals surface area (Å²) in [7, 11) is 1.66. The average Bonchev–Trinajstić information content (AvgIpc) is 2.23. The molecule has 0 aliphatic rings. The maximum Gasteiger partial charge on any atom is 0.224 e. The van der Waals surface area contributed by atoms with Gasteiger partial charge in [0.05, 0.1) is 18.3 Å². The van der Waals surface area contributed by atoms with E-state index in [4.69, 9.17) is 16.3 Å². The third-order valence-corrected chi connectivity index (χ3v) is 2.32. The van der Waals surface area contributed by atoms with Crippen LogP contribution < -0.4 is 10.6 Å². The topological polar surface area (TPSA) is 59.1 Å². The number of hydrogen-bond acceptors (Lipinski definition) is 5. The molecule has 0 aliphatic carbocycles. The highest BCUT2D eigenvalue weighted by Crippen LogP contribution is 2.23. The van der Waals surface area contributed by atoms with Gasteiger partial charge in [0.2, 0.25) is 5.95 Å². The number of nitrogens with zero attached hydrogens (tertiary/aromatic N) is 2. The van der Waals surface area contributed by atoms with Gasteiger partial charge in [-0.25, -0.2) is 4.98 Å². The fraction of sp³-hybridized carbons (Fsp3) is 0.636. The molecule has 0 bridgehead atoms. The van der Waals surface area contributed by atoms with Crippen molar-refractivity contribution in [3.8, 4) is 0 Å². The van der Waals surface area contributed by atoms with E-state index in [1.165, 1.54) is 0 Å². The molecule has 1 heterocycles. The monoisotopic (exact) mass is 258 g/mol. The molecule has 0 fully saturated rings. The maximum atomic E-state index is 6.05. The van der Waals surface area contributed by atoms with Crippen molar-refractivity contribution < 1.29 is 4.74 Å². The molecule has 6 heteroatoms. The van der Waals surface area contributed by atoms with Gasteiger partial charge in [-0.2, -0.15) is 4.98 Å². The molecule has 17 heavy (non-hydrogen) atoms. The molecule has 5 nitrogen and oxygen atoms in total. The van der Waals surface area contributed by atoms with E-state index in [0.29, 0.717) is 23.4 Å². The second-order valence-electron chi connectivity index (χ2n) is 4.36. The van der Waals surface area contributed by atoms with Gasteiger partial charge < -0.3 is 15.4 Å². The van der Waals surface area contributed by atoms with Crippen LogP contribution in [0.2, 0.25) is 5.02 Å². The summed E-state index contributed by atoms with van der Waals surface area (Å²) in [6, 6.07) is 0. The Hall–Kier alpha value is -1.07. The number of aromatic nitrogens is 2. The quantitative estimate of drug-likeness (QED) is 0.821. The fourth-order valence-corrected chi connectivity index (χ4v) is 1.55. The van der Waals surface area contributed by atoms with Crippen molar-refractivity contribution in [2.45, 2.75) is 26.3 Å². The Morgan fingerprint density at radius 1 is 1.47 bits per heavy atom. The Balaban J connectivity index is 2.85. The van der Waals surface area contributed by atoms with Gasteiger partial charge in [0.15, 0.2) is 5.82 Å². The summed E-state index contributed by atoms with van der Waals surface area (Å²) in [6.07, 6.45) is 1.58. The Bertz CT molecular complexity index is 370. The predicted octanol–water partition coefficient (Wildman–Crippen LogP) is 2.40. The average molecular weight is 259 g/mol. The number of halogens is 1. The molecule has 0 atom stereocenters. The van der Waals surface area contributed by atoms with Crippen molar-refractivity contribution in [1.29, 1.82) is 0 Å². The van der Waals surface area contributed by atoms with E-state index in [9.17, 15) is 0 Å². The van der Waals surface area contributed by atoms with Crippen LogP contribution >= 0.6 is 11.6 Å². The van der Waals surface area contributed by atoms with E-state index < -0.39 is 0 Å². The van der Waals surface area contributed by atoms with Crippen LogP contribution in [0.4, 0.5) is 11.8 Å². The van der Waals surface area contributed by atoms with Crippen LogP contribution in [0.25, 0.3) is 0 Å². The molecule has 96 valence electrons. The van der Waals surface area contributed by atoms with E-state index >= 15 is 0 Å². The third kappa shape index (κ3) is 4.36.